The zero-order valence-electron chi connectivity index (χ0n) is 12.3. The van der Waals surface area contributed by atoms with Gasteiger partial charge >= 0.3 is 0 Å². The maximum atomic E-state index is 6.15. The molecule has 1 aliphatic carbocycles. The van der Waals surface area contributed by atoms with E-state index in [9.17, 15) is 0 Å². The van der Waals surface area contributed by atoms with E-state index in [1.165, 1.54) is 45.1 Å². The van der Waals surface area contributed by atoms with Gasteiger partial charge in [-0.2, -0.15) is 0 Å². The summed E-state index contributed by atoms with van der Waals surface area (Å²) in [7, 11) is 0. The van der Waals surface area contributed by atoms with Crippen molar-refractivity contribution in [2.24, 2.45) is 11.7 Å². The predicted molar refractivity (Wildman–Crippen MR) is 76.2 cm³/mol. The van der Waals surface area contributed by atoms with Crippen molar-refractivity contribution in [2.45, 2.75) is 77.8 Å². The molecular formula is C15H32N2. The van der Waals surface area contributed by atoms with Crippen molar-refractivity contribution >= 4 is 0 Å². The molecule has 2 heteroatoms. The number of nitrogens with two attached hydrogens (primary N) is 1. The van der Waals surface area contributed by atoms with Crippen molar-refractivity contribution in [3.8, 4) is 0 Å². The lowest BCUT2D eigenvalue weighted by Crippen LogP contribution is -2.57. The van der Waals surface area contributed by atoms with Crippen LogP contribution in [0.1, 0.15) is 66.2 Å². The Kier molecular flexibility index (Phi) is 5.94. The lowest BCUT2D eigenvalue weighted by molar-refractivity contribution is 0.0433. The molecule has 0 aromatic heterocycles. The highest BCUT2D eigenvalue weighted by Crippen LogP contribution is 2.35. The fourth-order valence-corrected chi connectivity index (χ4v) is 2.92. The Balaban J connectivity index is 2.73. The molecule has 0 aromatic rings. The van der Waals surface area contributed by atoms with Crippen LogP contribution in [0.5, 0.6) is 0 Å². The molecule has 1 unspecified atom stereocenters. The molecule has 1 fully saturated rings. The summed E-state index contributed by atoms with van der Waals surface area (Å²) in [5.41, 5.74) is 6.41. The highest BCUT2D eigenvalue weighted by molar-refractivity contribution is 4.94. The zero-order valence-corrected chi connectivity index (χ0v) is 12.3. The van der Waals surface area contributed by atoms with Gasteiger partial charge in [-0.1, -0.05) is 26.7 Å². The van der Waals surface area contributed by atoms with Gasteiger partial charge in [0.1, 0.15) is 0 Å². The summed E-state index contributed by atoms with van der Waals surface area (Å²) < 4.78 is 0. The Hall–Kier alpha value is -0.0800. The van der Waals surface area contributed by atoms with E-state index in [4.69, 9.17) is 5.73 Å². The molecule has 1 aliphatic rings. The van der Waals surface area contributed by atoms with Gasteiger partial charge < -0.3 is 5.73 Å². The number of hydrogen-bond donors (Lipinski definition) is 1. The molecule has 1 atom stereocenters. The van der Waals surface area contributed by atoms with Gasteiger partial charge in [-0.3, -0.25) is 4.90 Å². The minimum absolute atomic E-state index is 0.257. The van der Waals surface area contributed by atoms with Gasteiger partial charge in [-0.25, -0.2) is 0 Å². The smallest absolute Gasteiger partial charge is 0.0331 e. The minimum atomic E-state index is 0.257. The van der Waals surface area contributed by atoms with Crippen LogP contribution in [-0.4, -0.2) is 29.6 Å². The Labute approximate surface area is 108 Å². The Morgan fingerprint density at radius 1 is 1.29 bits per heavy atom. The van der Waals surface area contributed by atoms with Gasteiger partial charge in [-0.05, 0) is 45.4 Å². The monoisotopic (exact) mass is 240 g/mol. The Bertz CT molecular complexity index is 205. The van der Waals surface area contributed by atoms with Crippen LogP contribution in [0.25, 0.3) is 0 Å². The summed E-state index contributed by atoms with van der Waals surface area (Å²) in [6.45, 7) is 11.3. The SMILES string of the molecule is CCCCC(CC)(CN)N(CC1CC1)C(C)C. The van der Waals surface area contributed by atoms with Crippen LogP contribution in [-0.2, 0) is 0 Å². The standard InChI is InChI=1S/C15H32N2/c1-5-7-10-15(6-2,12-16)17(13(3)4)11-14-8-9-14/h13-14H,5-12,16H2,1-4H3. The molecule has 2 nitrogen and oxygen atoms in total. The molecule has 0 radical (unpaired) electrons. The van der Waals surface area contributed by atoms with Crippen LogP contribution >= 0.6 is 0 Å². The summed E-state index contributed by atoms with van der Waals surface area (Å²) in [4.78, 5) is 2.71. The molecule has 0 saturated heterocycles. The first kappa shape index (κ1) is 15.0. The second-order valence-electron chi connectivity index (χ2n) is 6.08. The summed E-state index contributed by atoms with van der Waals surface area (Å²) in [6, 6.07) is 0.621. The van der Waals surface area contributed by atoms with Crippen molar-refractivity contribution < 1.29 is 0 Å². The van der Waals surface area contributed by atoms with Gasteiger partial charge in [0.15, 0.2) is 0 Å². The van der Waals surface area contributed by atoms with E-state index < -0.39 is 0 Å². The number of unbranched alkanes of at least 4 members (excludes halogenated alkanes) is 1. The normalized spacial score (nSPS) is 19.9. The average Bonchev–Trinajstić information content (AvgIpc) is 3.13. The van der Waals surface area contributed by atoms with Crippen molar-refractivity contribution in [1.29, 1.82) is 0 Å². The number of nitrogens with zero attached hydrogens (tertiary/aromatic N) is 1. The van der Waals surface area contributed by atoms with Crippen molar-refractivity contribution in [3.05, 3.63) is 0 Å². The topological polar surface area (TPSA) is 29.3 Å². The van der Waals surface area contributed by atoms with Gasteiger partial charge in [0, 0.05) is 24.7 Å². The molecular weight excluding hydrogens is 208 g/mol. The first-order valence-electron chi connectivity index (χ1n) is 7.56. The molecule has 0 bridgehead atoms. The van der Waals surface area contributed by atoms with E-state index in [1.54, 1.807) is 0 Å². The third-order valence-electron chi connectivity index (χ3n) is 4.42. The zero-order chi connectivity index (χ0) is 12.9. The Morgan fingerprint density at radius 3 is 2.29 bits per heavy atom. The van der Waals surface area contributed by atoms with Gasteiger partial charge in [-0.15, -0.1) is 0 Å². The highest BCUT2D eigenvalue weighted by Gasteiger charge is 2.37. The van der Waals surface area contributed by atoms with Crippen LogP contribution in [0.3, 0.4) is 0 Å². The summed E-state index contributed by atoms with van der Waals surface area (Å²) >= 11 is 0. The second kappa shape index (κ2) is 6.75. The molecule has 0 aromatic carbocycles. The quantitative estimate of drug-likeness (QED) is 0.669. The van der Waals surface area contributed by atoms with Crippen molar-refractivity contribution in [1.82, 2.24) is 4.90 Å². The van der Waals surface area contributed by atoms with Crippen molar-refractivity contribution in [3.63, 3.8) is 0 Å². The van der Waals surface area contributed by atoms with Crippen LogP contribution in [0, 0.1) is 5.92 Å². The fraction of sp³-hybridized carbons (Fsp3) is 1.00. The van der Waals surface area contributed by atoms with Gasteiger partial charge in [0.25, 0.3) is 0 Å². The van der Waals surface area contributed by atoms with Crippen LogP contribution in [0.2, 0.25) is 0 Å². The van der Waals surface area contributed by atoms with E-state index in [1.807, 2.05) is 0 Å². The molecule has 0 aliphatic heterocycles. The molecule has 1 saturated carbocycles. The number of hydrogen-bond acceptors (Lipinski definition) is 2. The van der Waals surface area contributed by atoms with E-state index in [2.05, 4.69) is 32.6 Å². The number of rotatable bonds is 9. The van der Waals surface area contributed by atoms with E-state index in [0.29, 0.717) is 6.04 Å². The lowest BCUT2D eigenvalue weighted by atomic mass is 9.86. The van der Waals surface area contributed by atoms with Crippen LogP contribution < -0.4 is 5.73 Å². The molecule has 0 spiro atoms. The summed E-state index contributed by atoms with van der Waals surface area (Å²) in [5.74, 6) is 0.955. The minimum Gasteiger partial charge on any atom is -0.329 e. The first-order chi connectivity index (χ1) is 8.09. The van der Waals surface area contributed by atoms with E-state index in [-0.39, 0.29) is 5.54 Å². The third kappa shape index (κ3) is 3.96. The summed E-state index contributed by atoms with van der Waals surface area (Å²) in [5, 5.41) is 0. The Morgan fingerprint density at radius 2 is 1.94 bits per heavy atom. The van der Waals surface area contributed by atoms with E-state index in [0.717, 1.165) is 12.5 Å². The predicted octanol–water partition coefficient (Wildman–Crippen LogP) is 3.40. The molecule has 2 N–H and O–H groups in total. The highest BCUT2D eigenvalue weighted by atomic mass is 15.2. The second-order valence-corrected chi connectivity index (χ2v) is 6.08. The van der Waals surface area contributed by atoms with Crippen LogP contribution in [0.4, 0.5) is 0 Å². The lowest BCUT2D eigenvalue weighted by Gasteiger charge is -2.46. The van der Waals surface area contributed by atoms with Gasteiger partial charge in [0.2, 0.25) is 0 Å². The first-order valence-corrected chi connectivity index (χ1v) is 7.56. The summed E-state index contributed by atoms with van der Waals surface area (Å²) in [6.07, 6.45) is 7.90. The van der Waals surface area contributed by atoms with Gasteiger partial charge in [0.05, 0.1) is 0 Å². The third-order valence-corrected chi connectivity index (χ3v) is 4.42. The molecule has 0 amide bonds. The van der Waals surface area contributed by atoms with E-state index >= 15 is 0 Å². The van der Waals surface area contributed by atoms with Crippen LogP contribution in [0.15, 0.2) is 0 Å². The maximum Gasteiger partial charge on any atom is 0.0331 e. The maximum absolute atomic E-state index is 6.15. The molecule has 1 rings (SSSR count). The largest absolute Gasteiger partial charge is 0.329 e. The van der Waals surface area contributed by atoms with Crippen molar-refractivity contribution in [2.75, 3.05) is 13.1 Å². The molecule has 102 valence electrons. The fourth-order valence-electron chi connectivity index (χ4n) is 2.92. The average molecular weight is 240 g/mol. The molecule has 17 heavy (non-hydrogen) atoms. The molecule has 0 heterocycles.